The van der Waals surface area contributed by atoms with E-state index in [2.05, 4.69) is 29.9 Å². The summed E-state index contributed by atoms with van der Waals surface area (Å²) in [6, 6.07) is 14.8. The topological polar surface area (TPSA) is 51.3 Å². The van der Waals surface area contributed by atoms with Gasteiger partial charge < -0.3 is 5.73 Å². The van der Waals surface area contributed by atoms with Gasteiger partial charge in [-0.3, -0.25) is 0 Å². The Balaban J connectivity index is 2.05. The van der Waals surface area contributed by atoms with Gasteiger partial charge in [0.05, 0.1) is 0 Å². The van der Waals surface area contributed by atoms with Gasteiger partial charge in [0.15, 0.2) is 5.82 Å². The fraction of sp³-hybridized carbons (Fsp3) is 0.200. The molecule has 0 amide bonds. The normalized spacial score (nSPS) is 11.8. The summed E-state index contributed by atoms with van der Waals surface area (Å²) >= 11 is 0. The highest BCUT2D eigenvalue weighted by Crippen LogP contribution is 2.27. The number of nitrogens with zero attached hydrogens (tertiary/aromatic N) is 2. The first kappa shape index (κ1) is 20.5. The van der Waals surface area contributed by atoms with E-state index in [9.17, 15) is 4.39 Å². The molecule has 0 aliphatic heterocycles. The van der Waals surface area contributed by atoms with Crippen molar-refractivity contribution in [2.75, 3.05) is 0 Å². The second-order valence-corrected chi connectivity index (χ2v) is 7.48. The summed E-state index contributed by atoms with van der Waals surface area (Å²) in [7, 11) is 0. The van der Waals surface area contributed by atoms with Crippen molar-refractivity contribution in [1.82, 2.24) is 4.98 Å². The Hall–Kier alpha value is -3.27. The highest BCUT2D eigenvalue weighted by Gasteiger charge is 2.07. The molecule has 29 heavy (non-hydrogen) atoms. The summed E-state index contributed by atoms with van der Waals surface area (Å²) in [6.07, 6.45) is 5.12. The molecule has 0 atom stereocenters. The zero-order valence-corrected chi connectivity index (χ0v) is 17.3. The minimum atomic E-state index is -0.253. The van der Waals surface area contributed by atoms with Crippen LogP contribution >= 0.6 is 0 Å². The average Bonchev–Trinajstić information content (AvgIpc) is 2.69. The monoisotopic (exact) mass is 387 g/mol. The van der Waals surface area contributed by atoms with Crippen LogP contribution in [-0.2, 0) is 0 Å². The van der Waals surface area contributed by atoms with Gasteiger partial charge in [-0.1, -0.05) is 32.0 Å². The lowest BCUT2D eigenvalue weighted by molar-refractivity contribution is 0.628. The highest BCUT2D eigenvalue weighted by molar-refractivity contribution is 5.89. The largest absolute Gasteiger partial charge is 0.405 e. The summed E-state index contributed by atoms with van der Waals surface area (Å²) in [4.78, 5) is 9.14. The Morgan fingerprint density at radius 3 is 2.52 bits per heavy atom. The fourth-order valence-electron chi connectivity index (χ4n) is 3.23. The van der Waals surface area contributed by atoms with Crippen molar-refractivity contribution in [2.24, 2.45) is 10.7 Å². The first-order valence-electron chi connectivity index (χ1n) is 9.69. The minimum absolute atomic E-state index is 0.253. The second kappa shape index (κ2) is 8.82. The molecule has 0 unspecified atom stereocenters. The first-order chi connectivity index (χ1) is 13.9. The molecule has 0 aliphatic carbocycles. The lowest BCUT2D eigenvalue weighted by atomic mass is 9.96. The molecule has 0 aliphatic rings. The number of aliphatic imine (C=N–C) groups is 1. The van der Waals surface area contributed by atoms with Crippen molar-refractivity contribution in [1.29, 1.82) is 0 Å². The summed E-state index contributed by atoms with van der Waals surface area (Å²) in [5.41, 5.74) is 12.4. The van der Waals surface area contributed by atoms with Gasteiger partial charge in [0.25, 0.3) is 0 Å². The molecule has 0 spiro atoms. The SMILES string of the molecule is Cc1cc(C(C)C)cc(N=Cc2cc(-c3cc(F)ccc3C)ccc2/C=C/N)n1. The van der Waals surface area contributed by atoms with Gasteiger partial charge in [0.1, 0.15) is 5.82 Å². The van der Waals surface area contributed by atoms with E-state index in [0.29, 0.717) is 11.7 Å². The zero-order valence-electron chi connectivity index (χ0n) is 17.3. The third kappa shape index (κ3) is 4.96. The van der Waals surface area contributed by atoms with Crippen molar-refractivity contribution >= 4 is 18.1 Å². The molecular weight excluding hydrogens is 361 g/mol. The molecule has 3 aromatic rings. The van der Waals surface area contributed by atoms with Crippen LogP contribution in [0.15, 0.2) is 59.7 Å². The van der Waals surface area contributed by atoms with E-state index < -0.39 is 0 Å². The number of pyridine rings is 1. The number of rotatable bonds is 5. The molecule has 3 rings (SSSR count). The quantitative estimate of drug-likeness (QED) is 0.522. The Bertz CT molecular complexity index is 1080. The van der Waals surface area contributed by atoms with Crippen LogP contribution in [0, 0.1) is 19.7 Å². The summed E-state index contributed by atoms with van der Waals surface area (Å²) in [5, 5.41) is 0. The Labute approximate surface area is 171 Å². The molecule has 0 bridgehead atoms. The summed E-state index contributed by atoms with van der Waals surface area (Å²) in [6.45, 7) is 8.25. The van der Waals surface area contributed by atoms with Crippen LogP contribution in [0.1, 0.15) is 47.7 Å². The van der Waals surface area contributed by atoms with Gasteiger partial charge in [-0.05, 0) is 90.2 Å². The van der Waals surface area contributed by atoms with Crippen molar-refractivity contribution in [3.05, 3.63) is 88.5 Å². The van der Waals surface area contributed by atoms with Crippen molar-refractivity contribution in [3.8, 4) is 11.1 Å². The van der Waals surface area contributed by atoms with Crippen LogP contribution in [0.3, 0.4) is 0 Å². The molecular formula is C25H26FN3. The van der Waals surface area contributed by atoms with Gasteiger partial charge in [0.2, 0.25) is 0 Å². The first-order valence-corrected chi connectivity index (χ1v) is 9.69. The van der Waals surface area contributed by atoms with Crippen LogP contribution in [0.4, 0.5) is 10.2 Å². The molecule has 4 heteroatoms. The van der Waals surface area contributed by atoms with E-state index in [4.69, 9.17) is 5.73 Å². The maximum absolute atomic E-state index is 13.8. The van der Waals surface area contributed by atoms with Gasteiger partial charge >= 0.3 is 0 Å². The maximum Gasteiger partial charge on any atom is 0.152 e. The Morgan fingerprint density at radius 2 is 1.79 bits per heavy atom. The van der Waals surface area contributed by atoms with Crippen LogP contribution in [0.5, 0.6) is 0 Å². The van der Waals surface area contributed by atoms with Gasteiger partial charge in [-0.25, -0.2) is 14.4 Å². The van der Waals surface area contributed by atoms with E-state index >= 15 is 0 Å². The summed E-state index contributed by atoms with van der Waals surface area (Å²) in [5.74, 6) is 0.821. The Morgan fingerprint density at radius 1 is 1.00 bits per heavy atom. The summed E-state index contributed by atoms with van der Waals surface area (Å²) < 4.78 is 13.8. The van der Waals surface area contributed by atoms with Gasteiger partial charge in [-0.2, -0.15) is 0 Å². The lowest BCUT2D eigenvalue weighted by Crippen LogP contribution is -1.94. The molecule has 0 fully saturated rings. The smallest absolute Gasteiger partial charge is 0.152 e. The standard InChI is InChI=1S/C25H26FN3/c1-16(2)21-11-18(4)29-25(13-21)28-15-22-12-20(7-6-19(22)9-10-27)24-14-23(26)8-5-17(24)3/h5-16H,27H2,1-4H3/b10-9+,28-15?. The van der Waals surface area contributed by atoms with Gasteiger partial charge in [0, 0.05) is 17.5 Å². The van der Waals surface area contributed by atoms with E-state index in [1.165, 1.54) is 17.8 Å². The van der Waals surface area contributed by atoms with Crippen molar-refractivity contribution in [2.45, 2.75) is 33.6 Å². The molecule has 2 N–H and O–H groups in total. The second-order valence-electron chi connectivity index (χ2n) is 7.48. The van der Waals surface area contributed by atoms with E-state index in [1.807, 2.05) is 44.2 Å². The number of aryl methyl sites for hydroxylation is 2. The molecule has 148 valence electrons. The third-order valence-corrected chi connectivity index (χ3v) is 4.84. The van der Waals surface area contributed by atoms with Crippen LogP contribution < -0.4 is 5.73 Å². The van der Waals surface area contributed by atoms with Crippen molar-refractivity contribution < 1.29 is 4.39 Å². The number of halogens is 1. The lowest BCUT2D eigenvalue weighted by Gasteiger charge is -2.10. The highest BCUT2D eigenvalue weighted by atomic mass is 19.1. The molecule has 0 saturated heterocycles. The molecule has 1 aromatic heterocycles. The van der Waals surface area contributed by atoms with E-state index in [1.54, 1.807) is 18.3 Å². The van der Waals surface area contributed by atoms with E-state index in [-0.39, 0.29) is 5.82 Å². The Kier molecular flexibility index (Phi) is 6.23. The van der Waals surface area contributed by atoms with E-state index in [0.717, 1.165) is 33.5 Å². The van der Waals surface area contributed by atoms with Crippen LogP contribution in [0.25, 0.3) is 17.2 Å². The molecule has 2 aromatic carbocycles. The fourth-order valence-corrected chi connectivity index (χ4v) is 3.23. The van der Waals surface area contributed by atoms with Crippen molar-refractivity contribution in [3.63, 3.8) is 0 Å². The number of nitrogens with two attached hydrogens (primary N) is 1. The number of hydrogen-bond acceptors (Lipinski definition) is 3. The number of benzene rings is 2. The minimum Gasteiger partial charge on any atom is -0.405 e. The molecule has 3 nitrogen and oxygen atoms in total. The zero-order chi connectivity index (χ0) is 21.0. The maximum atomic E-state index is 13.8. The van der Waals surface area contributed by atoms with Crippen LogP contribution in [-0.4, -0.2) is 11.2 Å². The predicted molar refractivity (Wildman–Crippen MR) is 120 cm³/mol. The molecule has 1 heterocycles. The van der Waals surface area contributed by atoms with Crippen LogP contribution in [0.2, 0.25) is 0 Å². The average molecular weight is 388 g/mol. The molecule has 0 saturated carbocycles. The third-order valence-electron chi connectivity index (χ3n) is 4.84. The molecule has 0 radical (unpaired) electrons. The number of aromatic nitrogens is 1. The number of hydrogen-bond donors (Lipinski definition) is 1. The predicted octanol–water partition coefficient (Wildman–Crippen LogP) is 6.31. The van der Waals surface area contributed by atoms with Gasteiger partial charge in [-0.15, -0.1) is 0 Å².